The summed E-state index contributed by atoms with van der Waals surface area (Å²) in [7, 11) is -13.5. The molecule has 2 aromatic rings. The molecule has 2 aliphatic carbocycles. The van der Waals surface area contributed by atoms with E-state index in [1.165, 1.54) is 5.32 Å². The second kappa shape index (κ2) is 14.1. The third-order valence-corrected chi connectivity index (χ3v) is 11.0. The summed E-state index contributed by atoms with van der Waals surface area (Å²) < 4.78 is 188. The highest BCUT2D eigenvalue weighted by atomic mass is 32.2. The van der Waals surface area contributed by atoms with E-state index in [-0.39, 0.29) is 0 Å². The predicted molar refractivity (Wildman–Crippen MR) is 163 cm³/mol. The van der Waals surface area contributed by atoms with Crippen LogP contribution in [0.2, 0.25) is 0 Å². The Morgan fingerprint density at radius 1 is 0.912 bits per heavy atom. The summed E-state index contributed by atoms with van der Waals surface area (Å²) in [5.41, 5.74) is -23.0. The van der Waals surface area contributed by atoms with E-state index in [2.05, 4.69) is 8.37 Å². The van der Waals surface area contributed by atoms with E-state index in [1.54, 1.807) is 0 Å². The van der Waals surface area contributed by atoms with Crippen LogP contribution in [0.3, 0.4) is 0 Å². The molecule has 3 aliphatic rings. The highest BCUT2D eigenvalue weighted by molar-refractivity contribution is 7.88. The molecule has 1 fully saturated rings. The normalized spacial score (nSPS) is 25.5. The fourth-order valence-corrected chi connectivity index (χ4v) is 7.28. The van der Waals surface area contributed by atoms with Gasteiger partial charge < -0.3 is 38.5 Å². The van der Waals surface area contributed by atoms with Crippen molar-refractivity contribution >= 4 is 43.5 Å². The number of phenolic OH excluding ortho intramolecular Hbond substituents is 1. The van der Waals surface area contributed by atoms with Crippen LogP contribution >= 0.6 is 0 Å². The lowest BCUT2D eigenvalue weighted by Crippen LogP contribution is -2.57. The van der Waals surface area contributed by atoms with E-state index >= 15 is 0 Å². The van der Waals surface area contributed by atoms with Gasteiger partial charge in [-0.25, -0.2) is 0 Å². The molecule has 1 aliphatic heterocycles. The van der Waals surface area contributed by atoms with Gasteiger partial charge in [0.15, 0.2) is 29.4 Å². The Morgan fingerprint density at radius 2 is 1.49 bits per heavy atom. The minimum Gasteiger partial charge on any atom is -0.507 e. The van der Waals surface area contributed by atoms with Crippen LogP contribution in [0.4, 0.5) is 39.5 Å². The van der Waals surface area contributed by atoms with Crippen LogP contribution in [0.25, 0.3) is 0 Å². The number of nitrogens with one attached hydrogen (secondary N) is 1. The summed E-state index contributed by atoms with van der Waals surface area (Å²) in [6.45, 7) is 1.78. The third-order valence-electron chi connectivity index (χ3n) is 9.05. The minimum absolute atomic E-state index is 0.433. The first-order chi connectivity index (χ1) is 25.8. The van der Waals surface area contributed by atoms with Crippen molar-refractivity contribution in [3.8, 4) is 17.2 Å². The number of fused-ring (bicyclic) bond motifs is 3. The number of phenols is 1. The number of carbonyl (C=O) groups excluding carboxylic acids is 4. The van der Waals surface area contributed by atoms with Crippen molar-refractivity contribution in [2.24, 2.45) is 0 Å². The van der Waals surface area contributed by atoms with E-state index in [4.69, 9.17) is 9.47 Å². The molecule has 0 saturated carbocycles. The van der Waals surface area contributed by atoms with Gasteiger partial charge in [0.25, 0.3) is 0 Å². The molecule has 16 nitrogen and oxygen atoms in total. The summed E-state index contributed by atoms with van der Waals surface area (Å²) >= 11 is 0. The van der Waals surface area contributed by atoms with Crippen molar-refractivity contribution in [3.05, 3.63) is 51.6 Å². The number of aliphatic hydroxyl groups excluding tert-OH is 1. The third kappa shape index (κ3) is 7.74. The Bertz CT molecular complexity index is 2290. The Balaban J connectivity index is 1.76. The first-order valence-corrected chi connectivity index (χ1v) is 18.4. The predicted octanol–water partition coefficient (Wildman–Crippen LogP) is 2.49. The van der Waals surface area contributed by atoms with Crippen LogP contribution in [-0.2, 0) is 45.7 Å². The fraction of sp³-hybridized carbons (Fsp3) is 0.467. The second-order valence-corrected chi connectivity index (χ2v) is 15.9. The van der Waals surface area contributed by atoms with Crippen LogP contribution in [0.15, 0.2) is 18.2 Å². The maximum Gasteiger partial charge on any atom is 0.534 e. The van der Waals surface area contributed by atoms with E-state index in [9.17, 15) is 90.8 Å². The molecule has 0 radical (unpaired) electrons. The minimum atomic E-state index is -6.91. The van der Waals surface area contributed by atoms with Crippen molar-refractivity contribution in [2.45, 2.75) is 86.5 Å². The molecular weight excluding hydrogens is 849 g/mol. The first-order valence-electron chi connectivity index (χ1n) is 15.6. The summed E-state index contributed by atoms with van der Waals surface area (Å²) in [5, 5.41) is 34.9. The number of amides is 1. The van der Waals surface area contributed by atoms with Gasteiger partial charge in [-0.2, -0.15) is 56.3 Å². The molecule has 27 heteroatoms. The Morgan fingerprint density at radius 3 is 2.04 bits per heavy atom. The zero-order chi connectivity index (χ0) is 43.2. The lowest BCUT2D eigenvalue weighted by Gasteiger charge is -2.43. The number of ketones is 3. The molecule has 314 valence electrons. The van der Waals surface area contributed by atoms with Gasteiger partial charge in [0, 0.05) is 36.0 Å². The number of hydrogen-bond acceptors (Lipinski definition) is 15. The van der Waals surface area contributed by atoms with Crippen LogP contribution in [0.5, 0.6) is 17.2 Å². The zero-order valence-electron chi connectivity index (χ0n) is 28.2. The van der Waals surface area contributed by atoms with Crippen molar-refractivity contribution in [1.82, 2.24) is 5.32 Å². The SMILES string of the molecule is CC(=O)[C@]1(O)Cc2c(OS(=O)(=O)C(F)(F)F)c3c(c(O)c2[C@@H](O[C@H]2CC(NC(=O)C(F)(F)F)[C@H](O)C(C)O2)C1)C(=O)c1c(OS(=O)(=O)C(F)(F)F)cccc1C3=O. The van der Waals surface area contributed by atoms with Crippen molar-refractivity contribution in [2.75, 3.05) is 0 Å². The highest BCUT2D eigenvalue weighted by Gasteiger charge is 2.55. The zero-order valence-corrected chi connectivity index (χ0v) is 29.8. The number of alkyl halides is 9. The molecular formula is C30H24F9NO15S2. The molecule has 2 unspecified atom stereocenters. The Labute approximate surface area is 312 Å². The summed E-state index contributed by atoms with van der Waals surface area (Å²) in [6, 6.07) is -0.141. The molecule has 1 heterocycles. The van der Waals surface area contributed by atoms with Crippen LogP contribution < -0.4 is 13.7 Å². The number of benzene rings is 2. The molecule has 0 spiro atoms. The molecule has 1 saturated heterocycles. The van der Waals surface area contributed by atoms with Crippen molar-refractivity contribution < 1.29 is 109 Å². The van der Waals surface area contributed by atoms with Gasteiger partial charge in [-0.3, -0.25) is 19.2 Å². The average Bonchev–Trinajstić information content (AvgIpc) is 3.05. The molecule has 6 atom stereocenters. The molecule has 0 bridgehead atoms. The smallest absolute Gasteiger partial charge is 0.507 e. The number of aromatic hydroxyl groups is 1. The van der Waals surface area contributed by atoms with Gasteiger partial charge in [-0.05, 0) is 19.9 Å². The number of carbonyl (C=O) groups is 4. The monoisotopic (exact) mass is 873 g/mol. The molecule has 2 aromatic carbocycles. The number of halogens is 9. The van der Waals surface area contributed by atoms with E-state index in [1.807, 2.05) is 0 Å². The van der Waals surface area contributed by atoms with Crippen LogP contribution in [-0.4, -0.2) is 103 Å². The maximum absolute atomic E-state index is 14.0. The molecule has 1 amide bonds. The van der Waals surface area contributed by atoms with Gasteiger partial charge in [0.05, 0.1) is 34.9 Å². The van der Waals surface area contributed by atoms with Crippen LogP contribution in [0.1, 0.15) is 75.8 Å². The largest absolute Gasteiger partial charge is 0.534 e. The standard InChI is InChI=1S/C30H24F9NO15S2/c1-9-21(42)13(40-26(46)28(31,32)33)6-16(52-9)53-15-8-27(47,10(2)41)7-12-18(15)24(45)19-20(25(12)55-57(50,51)30(37,38)39)22(43)11-4-3-5-14(17(11)23(19)44)54-56(48,49)29(34,35)36/h3-5,9,13,15-16,21,42,45,47H,6-8H2,1-2H3,(H,40,46)/t9?,13?,15-,16-,21+,27-/m0/s1. The fourth-order valence-electron chi connectivity index (χ4n) is 6.31. The van der Waals surface area contributed by atoms with Gasteiger partial charge in [0.2, 0.25) is 5.78 Å². The van der Waals surface area contributed by atoms with Crippen molar-refractivity contribution in [3.63, 3.8) is 0 Å². The second-order valence-electron chi connectivity index (χ2n) is 12.8. The number of ether oxygens (including phenoxy) is 2. The summed E-state index contributed by atoms with van der Waals surface area (Å²) in [5.74, 6) is -12.3. The van der Waals surface area contributed by atoms with E-state index < -0.39 is 167 Å². The average molecular weight is 874 g/mol. The molecule has 4 N–H and O–H groups in total. The highest BCUT2D eigenvalue weighted by Crippen LogP contribution is 2.54. The quantitative estimate of drug-likeness (QED) is 0.144. The molecule has 57 heavy (non-hydrogen) atoms. The Kier molecular flexibility index (Phi) is 10.7. The van der Waals surface area contributed by atoms with Gasteiger partial charge >= 0.3 is 43.3 Å². The van der Waals surface area contributed by atoms with Gasteiger partial charge in [0.1, 0.15) is 17.5 Å². The number of hydrogen-bond donors (Lipinski definition) is 4. The number of Topliss-reactive ketones (excluding diaryl/α,β-unsaturated/α-hetero) is 1. The van der Waals surface area contributed by atoms with Gasteiger partial charge in [-0.15, -0.1) is 0 Å². The Hall–Kier alpha value is -4.57. The lowest BCUT2D eigenvalue weighted by molar-refractivity contribution is -0.250. The topological polar surface area (TPSA) is 246 Å². The summed E-state index contributed by atoms with van der Waals surface area (Å²) in [6.07, 6.45) is -16.3. The van der Waals surface area contributed by atoms with Crippen LogP contribution in [0, 0.1) is 0 Å². The molecule has 0 aromatic heterocycles. The van der Waals surface area contributed by atoms with E-state index in [0.29, 0.717) is 25.1 Å². The van der Waals surface area contributed by atoms with Crippen molar-refractivity contribution in [1.29, 1.82) is 0 Å². The lowest BCUT2D eigenvalue weighted by atomic mass is 9.72. The number of aliphatic hydroxyl groups is 2. The number of rotatable bonds is 8. The first kappa shape index (κ1) is 43.6. The summed E-state index contributed by atoms with van der Waals surface area (Å²) in [4.78, 5) is 52.4. The molecule has 5 rings (SSSR count). The van der Waals surface area contributed by atoms with E-state index in [0.717, 1.165) is 6.92 Å². The van der Waals surface area contributed by atoms with Gasteiger partial charge in [-0.1, -0.05) is 12.1 Å². The maximum atomic E-state index is 14.0.